The van der Waals surface area contributed by atoms with E-state index >= 15 is 0 Å². The molecule has 0 saturated heterocycles. The van der Waals surface area contributed by atoms with E-state index in [2.05, 4.69) is 49.0 Å². The Morgan fingerprint density at radius 3 is 2.71 bits per heavy atom. The van der Waals surface area contributed by atoms with Crippen molar-refractivity contribution in [2.24, 2.45) is 0 Å². The van der Waals surface area contributed by atoms with Gasteiger partial charge in [0.2, 0.25) is 0 Å². The summed E-state index contributed by atoms with van der Waals surface area (Å²) < 4.78 is 5.57. The molecule has 0 bridgehead atoms. The van der Waals surface area contributed by atoms with E-state index in [1.807, 2.05) is 0 Å². The summed E-state index contributed by atoms with van der Waals surface area (Å²) in [7, 11) is -0.296. The van der Waals surface area contributed by atoms with Gasteiger partial charge in [-0.15, -0.1) is 0 Å². The largest absolute Gasteiger partial charge is 0.420 e. The lowest BCUT2D eigenvalue weighted by Gasteiger charge is -2.06. The molecule has 2 rings (SSSR count). The van der Waals surface area contributed by atoms with Crippen molar-refractivity contribution in [3.8, 4) is 0 Å². The van der Waals surface area contributed by atoms with Crippen LogP contribution in [-0.2, 0) is 11.0 Å². The van der Waals surface area contributed by atoms with Crippen molar-refractivity contribution in [1.29, 1.82) is 0 Å². The minimum absolute atomic E-state index is 0.296. The monoisotopic (exact) mass is 202 g/mol. The van der Waals surface area contributed by atoms with Gasteiger partial charge in [0.15, 0.2) is 9.76 Å². The quantitative estimate of drug-likeness (QED) is 0.695. The van der Waals surface area contributed by atoms with Crippen molar-refractivity contribution in [2.45, 2.75) is 13.2 Å². The van der Waals surface area contributed by atoms with Gasteiger partial charge in [0, 0.05) is 0 Å². The van der Waals surface area contributed by atoms with E-state index in [9.17, 15) is 0 Å². The van der Waals surface area contributed by atoms with Crippen molar-refractivity contribution < 1.29 is 4.43 Å². The fraction of sp³-hybridized carbons (Fsp3) is 0.167. The van der Waals surface area contributed by atoms with Gasteiger partial charge in [0.1, 0.15) is 0 Å². The molecule has 0 radical (unpaired) electrons. The number of benzene rings is 2. The Hall–Kier alpha value is -1.12. The highest BCUT2D eigenvalue weighted by Gasteiger charge is 1.98. The van der Waals surface area contributed by atoms with E-state index in [4.69, 9.17) is 4.43 Å². The van der Waals surface area contributed by atoms with Gasteiger partial charge in [0.25, 0.3) is 0 Å². The topological polar surface area (TPSA) is 9.23 Å². The molecule has 1 nitrogen and oxygen atoms in total. The lowest BCUT2D eigenvalue weighted by molar-refractivity contribution is 0.329. The molecule has 0 amide bonds. The van der Waals surface area contributed by atoms with E-state index < -0.39 is 0 Å². The molecule has 14 heavy (non-hydrogen) atoms. The molecule has 0 N–H and O–H groups in total. The van der Waals surface area contributed by atoms with E-state index in [1.54, 1.807) is 0 Å². The number of hydrogen-bond donors (Lipinski definition) is 0. The van der Waals surface area contributed by atoms with E-state index in [-0.39, 0.29) is 9.76 Å². The van der Waals surface area contributed by atoms with Gasteiger partial charge in [-0.2, -0.15) is 0 Å². The van der Waals surface area contributed by atoms with Crippen LogP contribution >= 0.6 is 0 Å². The van der Waals surface area contributed by atoms with Gasteiger partial charge in [-0.25, -0.2) is 0 Å². The Kier molecular flexibility index (Phi) is 2.96. The summed E-state index contributed by atoms with van der Waals surface area (Å²) in [6.07, 6.45) is 0. The van der Waals surface area contributed by atoms with Crippen LogP contribution in [0, 0.1) is 0 Å². The van der Waals surface area contributed by atoms with Crippen LogP contribution in [0.2, 0.25) is 6.55 Å². The van der Waals surface area contributed by atoms with Crippen LogP contribution in [-0.4, -0.2) is 9.76 Å². The molecule has 0 atom stereocenters. The molecule has 0 unspecified atom stereocenters. The summed E-state index contributed by atoms with van der Waals surface area (Å²) >= 11 is 0. The first kappa shape index (κ1) is 9.43. The van der Waals surface area contributed by atoms with Gasteiger partial charge < -0.3 is 4.43 Å². The van der Waals surface area contributed by atoms with Crippen LogP contribution in [0.25, 0.3) is 10.8 Å². The minimum Gasteiger partial charge on any atom is -0.420 e. The fourth-order valence-electron chi connectivity index (χ4n) is 1.63. The fourth-order valence-corrected chi connectivity index (χ4v) is 2.05. The zero-order valence-corrected chi connectivity index (χ0v) is 9.78. The zero-order valence-electron chi connectivity index (χ0n) is 8.36. The third kappa shape index (κ3) is 1.86. The molecule has 0 aliphatic heterocycles. The molecule has 0 spiro atoms. The normalized spacial score (nSPS) is 11.5. The lowest BCUT2D eigenvalue weighted by atomic mass is 10.1. The zero-order chi connectivity index (χ0) is 9.80. The molecule has 0 heterocycles. The van der Waals surface area contributed by atoms with Gasteiger partial charge in [-0.05, 0) is 16.3 Å². The molecule has 2 aromatic carbocycles. The Morgan fingerprint density at radius 1 is 1.07 bits per heavy atom. The van der Waals surface area contributed by atoms with E-state index in [1.165, 1.54) is 16.3 Å². The standard InChI is InChI=1S/C12H14OSi/c1-14-13-9-11-7-4-6-10-5-2-3-8-12(10)11/h2-8H,9,14H2,1H3. The molecule has 2 heteroatoms. The molecule has 0 fully saturated rings. The average Bonchev–Trinajstić information content (AvgIpc) is 2.26. The Labute approximate surface area is 86.7 Å². The van der Waals surface area contributed by atoms with Crippen LogP contribution in [0.5, 0.6) is 0 Å². The second kappa shape index (κ2) is 4.40. The van der Waals surface area contributed by atoms with Crippen LogP contribution in [0.4, 0.5) is 0 Å². The third-order valence-electron chi connectivity index (χ3n) is 2.34. The predicted octanol–water partition coefficient (Wildman–Crippen LogP) is 2.49. The number of rotatable bonds is 3. The van der Waals surface area contributed by atoms with Gasteiger partial charge in [-0.3, -0.25) is 0 Å². The summed E-state index contributed by atoms with van der Waals surface area (Å²) in [6, 6.07) is 14.8. The van der Waals surface area contributed by atoms with Crippen molar-refractivity contribution >= 4 is 20.5 Å². The summed E-state index contributed by atoms with van der Waals surface area (Å²) in [5.74, 6) is 0. The van der Waals surface area contributed by atoms with Crippen LogP contribution in [0.15, 0.2) is 42.5 Å². The number of fused-ring (bicyclic) bond motifs is 1. The maximum Gasteiger partial charge on any atom is 0.159 e. The van der Waals surface area contributed by atoms with Gasteiger partial charge in [0.05, 0.1) is 6.61 Å². The van der Waals surface area contributed by atoms with Crippen molar-refractivity contribution in [3.63, 3.8) is 0 Å². The Balaban J connectivity index is 2.43. The molecule has 0 saturated carbocycles. The first-order chi connectivity index (χ1) is 6.92. The molecular weight excluding hydrogens is 188 g/mol. The van der Waals surface area contributed by atoms with Gasteiger partial charge in [-0.1, -0.05) is 49.0 Å². The maximum atomic E-state index is 5.57. The minimum atomic E-state index is -0.296. The summed E-state index contributed by atoms with van der Waals surface area (Å²) in [4.78, 5) is 0. The lowest BCUT2D eigenvalue weighted by Crippen LogP contribution is -1.95. The second-order valence-corrected chi connectivity index (χ2v) is 4.26. The predicted molar refractivity (Wildman–Crippen MR) is 63.1 cm³/mol. The molecule has 0 aliphatic rings. The average molecular weight is 202 g/mol. The Bertz CT molecular complexity index is 420. The summed E-state index contributed by atoms with van der Waals surface area (Å²) in [5, 5.41) is 2.61. The van der Waals surface area contributed by atoms with E-state index in [0.717, 1.165) is 6.61 Å². The number of hydrogen-bond acceptors (Lipinski definition) is 1. The Morgan fingerprint density at radius 2 is 1.86 bits per heavy atom. The van der Waals surface area contributed by atoms with Gasteiger partial charge >= 0.3 is 0 Å². The molecule has 72 valence electrons. The molecule has 2 aromatic rings. The van der Waals surface area contributed by atoms with Crippen LogP contribution in [0.1, 0.15) is 5.56 Å². The van der Waals surface area contributed by atoms with Crippen molar-refractivity contribution in [3.05, 3.63) is 48.0 Å². The van der Waals surface area contributed by atoms with E-state index in [0.29, 0.717) is 0 Å². The summed E-state index contributed by atoms with van der Waals surface area (Å²) in [5.41, 5.74) is 1.30. The van der Waals surface area contributed by atoms with Crippen molar-refractivity contribution in [1.82, 2.24) is 0 Å². The molecule has 0 aliphatic carbocycles. The molecule has 0 aromatic heterocycles. The second-order valence-electron chi connectivity index (χ2n) is 3.28. The SMILES string of the molecule is C[SiH2]OCc1cccc2ccccc12. The molecular formula is C12H14OSi. The first-order valence-corrected chi connectivity index (χ1v) is 6.95. The highest BCUT2D eigenvalue weighted by molar-refractivity contribution is 6.24. The van der Waals surface area contributed by atoms with Crippen molar-refractivity contribution in [2.75, 3.05) is 0 Å². The summed E-state index contributed by atoms with van der Waals surface area (Å²) in [6.45, 7) is 2.93. The highest BCUT2D eigenvalue weighted by Crippen LogP contribution is 2.18. The van der Waals surface area contributed by atoms with Crippen LogP contribution in [0.3, 0.4) is 0 Å². The first-order valence-electron chi connectivity index (χ1n) is 4.96. The third-order valence-corrected chi connectivity index (χ3v) is 2.95. The highest BCUT2D eigenvalue weighted by atomic mass is 28.2. The smallest absolute Gasteiger partial charge is 0.159 e. The maximum absolute atomic E-state index is 5.57. The van der Waals surface area contributed by atoms with Crippen LogP contribution < -0.4 is 0 Å².